The second-order valence-corrected chi connectivity index (χ2v) is 7.61. The monoisotopic (exact) mass is 286 g/mol. The molecule has 1 fully saturated rings. The van der Waals surface area contributed by atoms with Gasteiger partial charge < -0.3 is 4.90 Å². The van der Waals surface area contributed by atoms with E-state index in [-0.39, 0.29) is 12.2 Å². The highest BCUT2D eigenvalue weighted by molar-refractivity contribution is 7.99. The van der Waals surface area contributed by atoms with Gasteiger partial charge in [0.25, 0.3) is 0 Å². The van der Waals surface area contributed by atoms with Crippen molar-refractivity contribution in [2.24, 2.45) is 11.8 Å². The summed E-state index contributed by atoms with van der Waals surface area (Å²) in [5, 5.41) is 3.55. The molecule has 0 aromatic heterocycles. The van der Waals surface area contributed by atoms with Gasteiger partial charge in [-0.15, -0.1) is 0 Å². The first-order valence-corrected chi connectivity index (χ1v) is 8.69. The van der Waals surface area contributed by atoms with E-state index >= 15 is 0 Å². The highest BCUT2D eigenvalue weighted by Crippen LogP contribution is 2.25. The van der Waals surface area contributed by atoms with Crippen LogP contribution in [0.25, 0.3) is 0 Å². The van der Waals surface area contributed by atoms with Crippen molar-refractivity contribution in [2.75, 3.05) is 11.5 Å². The average molecular weight is 286 g/mol. The number of rotatable bonds is 7. The quantitative estimate of drug-likeness (QED) is 0.781. The molecule has 0 bridgehead atoms. The van der Waals surface area contributed by atoms with Gasteiger partial charge in [0.2, 0.25) is 5.91 Å². The van der Waals surface area contributed by atoms with Crippen molar-refractivity contribution in [3.05, 3.63) is 0 Å². The van der Waals surface area contributed by atoms with Gasteiger partial charge in [-0.25, -0.2) is 0 Å². The number of nitrogens with zero attached hydrogens (tertiary/aromatic N) is 1. The third-order valence-electron chi connectivity index (χ3n) is 3.60. The molecule has 1 aliphatic rings. The summed E-state index contributed by atoms with van der Waals surface area (Å²) in [4.78, 5) is 14.7. The first kappa shape index (κ1) is 16.8. The molecule has 112 valence electrons. The SMILES string of the molecule is CCSCC(C)N1C(=O)C(CC(C)C)NC1C(C)C. The predicted molar refractivity (Wildman–Crippen MR) is 84.3 cm³/mol. The normalized spacial score (nSPS) is 25.7. The Hall–Kier alpha value is -0.220. The maximum absolute atomic E-state index is 12.6. The number of nitrogens with one attached hydrogen (secondary N) is 1. The molecule has 0 saturated carbocycles. The van der Waals surface area contributed by atoms with E-state index in [1.165, 1.54) is 0 Å². The van der Waals surface area contributed by atoms with Crippen LogP contribution in [0.2, 0.25) is 0 Å². The fourth-order valence-corrected chi connectivity index (χ4v) is 3.43. The van der Waals surface area contributed by atoms with Crippen LogP contribution in [0.3, 0.4) is 0 Å². The van der Waals surface area contributed by atoms with Gasteiger partial charge in [-0.05, 0) is 30.9 Å². The number of thioether (sulfide) groups is 1. The Bertz CT molecular complexity index is 294. The van der Waals surface area contributed by atoms with E-state index in [2.05, 4.69) is 51.8 Å². The van der Waals surface area contributed by atoms with E-state index in [0.717, 1.165) is 17.9 Å². The molecule has 0 aliphatic carbocycles. The van der Waals surface area contributed by atoms with Gasteiger partial charge in [0.15, 0.2) is 0 Å². The fourth-order valence-electron chi connectivity index (χ4n) is 2.69. The first-order chi connectivity index (χ1) is 8.88. The number of carbonyl (C=O) groups excluding carboxylic acids is 1. The molecule has 0 radical (unpaired) electrons. The smallest absolute Gasteiger partial charge is 0.241 e. The van der Waals surface area contributed by atoms with Gasteiger partial charge >= 0.3 is 0 Å². The third kappa shape index (κ3) is 4.38. The summed E-state index contributed by atoms with van der Waals surface area (Å²) >= 11 is 1.91. The maximum Gasteiger partial charge on any atom is 0.241 e. The molecule has 0 aromatic rings. The van der Waals surface area contributed by atoms with Crippen molar-refractivity contribution in [3.8, 4) is 0 Å². The maximum atomic E-state index is 12.6. The van der Waals surface area contributed by atoms with Crippen LogP contribution in [0.1, 0.15) is 48.0 Å². The van der Waals surface area contributed by atoms with Crippen molar-refractivity contribution in [1.29, 1.82) is 0 Å². The summed E-state index contributed by atoms with van der Waals surface area (Å²) in [6.07, 6.45) is 1.13. The Morgan fingerprint density at radius 3 is 2.37 bits per heavy atom. The summed E-state index contributed by atoms with van der Waals surface area (Å²) in [6, 6.07) is 0.330. The van der Waals surface area contributed by atoms with Gasteiger partial charge in [0.05, 0.1) is 12.2 Å². The van der Waals surface area contributed by atoms with Gasteiger partial charge in [0, 0.05) is 11.8 Å². The zero-order valence-electron chi connectivity index (χ0n) is 13.3. The molecular formula is C15H30N2OS. The van der Waals surface area contributed by atoms with E-state index in [0.29, 0.717) is 23.8 Å². The van der Waals surface area contributed by atoms with Crippen LogP contribution in [0.4, 0.5) is 0 Å². The lowest BCUT2D eigenvalue weighted by Gasteiger charge is -2.32. The zero-order chi connectivity index (χ0) is 14.6. The fraction of sp³-hybridized carbons (Fsp3) is 0.933. The summed E-state index contributed by atoms with van der Waals surface area (Å²) < 4.78 is 0. The van der Waals surface area contributed by atoms with Crippen LogP contribution in [0.5, 0.6) is 0 Å². The first-order valence-electron chi connectivity index (χ1n) is 7.54. The molecule has 1 saturated heterocycles. The molecule has 1 amide bonds. The zero-order valence-corrected chi connectivity index (χ0v) is 14.1. The Morgan fingerprint density at radius 2 is 1.89 bits per heavy atom. The van der Waals surface area contributed by atoms with Crippen molar-refractivity contribution in [3.63, 3.8) is 0 Å². The van der Waals surface area contributed by atoms with Crippen molar-refractivity contribution >= 4 is 17.7 Å². The van der Waals surface area contributed by atoms with E-state index < -0.39 is 0 Å². The predicted octanol–water partition coefficient (Wildman–Crippen LogP) is 2.96. The molecule has 1 rings (SSSR count). The minimum absolute atomic E-state index is 0.0153. The molecule has 1 heterocycles. The lowest BCUT2D eigenvalue weighted by molar-refractivity contribution is -0.132. The lowest BCUT2D eigenvalue weighted by atomic mass is 10.0. The standard InChI is InChI=1S/C15H30N2OS/c1-7-19-9-12(6)17-14(11(4)5)16-13(15(17)18)8-10(2)3/h10-14,16H,7-9H2,1-6H3. The second-order valence-electron chi connectivity index (χ2n) is 6.29. The lowest BCUT2D eigenvalue weighted by Crippen LogP contribution is -2.47. The van der Waals surface area contributed by atoms with E-state index in [1.807, 2.05) is 11.8 Å². The summed E-state index contributed by atoms with van der Waals surface area (Å²) in [6.45, 7) is 13.1. The Morgan fingerprint density at radius 1 is 1.26 bits per heavy atom. The summed E-state index contributed by atoms with van der Waals surface area (Å²) in [7, 11) is 0. The van der Waals surface area contributed by atoms with E-state index in [9.17, 15) is 4.79 Å². The molecule has 1 aliphatic heterocycles. The number of amides is 1. The Balaban J connectivity index is 2.76. The van der Waals surface area contributed by atoms with Gasteiger partial charge in [0.1, 0.15) is 0 Å². The highest BCUT2D eigenvalue weighted by Gasteiger charge is 2.42. The number of hydrogen-bond acceptors (Lipinski definition) is 3. The van der Waals surface area contributed by atoms with Crippen molar-refractivity contribution in [1.82, 2.24) is 10.2 Å². The van der Waals surface area contributed by atoms with E-state index in [4.69, 9.17) is 0 Å². The van der Waals surface area contributed by atoms with Crippen LogP contribution in [-0.4, -0.2) is 40.6 Å². The summed E-state index contributed by atoms with van der Waals surface area (Å²) in [5.74, 6) is 3.45. The minimum Gasteiger partial charge on any atom is -0.322 e. The molecular weight excluding hydrogens is 256 g/mol. The molecule has 3 atom stereocenters. The summed E-state index contributed by atoms with van der Waals surface area (Å²) in [5.41, 5.74) is 0. The Kier molecular flexibility index (Phi) is 6.67. The molecule has 4 heteroatoms. The molecule has 19 heavy (non-hydrogen) atoms. The van der Waals surface area contributed by atoms with Crippen LogP contribution in [-0.2, 0) is 4.79 Å². The highest BCUT2D eigenvalue weighted by atomic mass is 32.2. The molecule has 0 spiro atoms. The van der Waals surface area contributed by atoms with Crippen LogP contribution < -0.4 is 5.32 Å². The van der Waals surface area contributed by atoms with Crippen molar-refractivity contribution < 1.29 is 4.79 Å². The van der Waals surface area contributed by atoms with Crippen LogP contribution in [0.15, 0.2) is 0 Å². The number of hydrogen-bond donors (Lipinski definition) is 1. The van der Waals surface area contributed by atoms with Gasteiger partial charge in [-0.3, -0.25) is 10.1 Å². The third-order valence-corrected chi connectivity index (χ3v) is 4.73. The minimum atomic E-state index is 0.0153. The van der Waals surface area contributed by atoms with Crippen LogP contribution in [0, 0.1) is 11.8 Å². The van der Waals surface area contributed by atoms with Gasteiger partial charge in [-0.1, -0.05) is 34.6 Å². The molecule has 3 nitrogen and oxygen atoms in total. The second kappa shape index (κ2) is 7.53. The molecule has 3 unspecified atom stereocenters. The van der Waals surface area contributed by atoms with Crippen molar-refractivity contribution in [2.45, 2.75) is 66.2 Å². The molecule has 1 N–H and O–H groups in total. The molecule has 0 aromatic carbocycles. The van der Waals surface area contributed by atoms with Crippen LogP contribution >= 0.6 is 11.8 Å². The van der Waals surface area contributed by atoms with Gasteiger partial charge in [-0.2, -0.15) is 11.8 Å². The Labute approximate surface area is 122 Å². The topological polar surface area (TPSA) is 32.3 Å². The largest absolute Gasteiger partial charge is 0.322 e. The average Bonchev–Trinajstić information content (AvgIpc) is 2.63. The number of carbonyl (C=O) groups is 1. The van der Waals surface area contributed by atoms with E-state index in [1.54, 1.807) is 0 Å².